The number of ether oxygens (including phenoxy) is 1. The Morgan fingerprint density at radius 1 is 1.29 bits per heavy atom. The van der Waals surface area contributed by atoms with Crippen LogP contribution in [0.3, 0.4) is 0 Å². The first-order valence-electron chi connectivity index (χ1n) is 8.69. The number of hydrogen-bond donors (Lipinski definition) is 0. The molecule has 0 fully saturated rings. The number of carbonyl (C=O) groups excluding carboxylic acids is 1. The molecule has 0 aliphatic carbocycles. The second-order valence-electron chi connectivity index (χ2n) is 6.42. The maximum atomic E-state index is 12.5. The van der Waals surface area contributed by atoms with Gasteiger partial charge in [-0.25, -0.2) is 9.78 Å². The molecule has 3 aromatic heterocycles. The second-order valence-corrected chi connectivity index (χ2v) is 7.43. The zero-order valence-corrected chi connectivity index (χ0v) is 16.5. The zero-order valence-electron chi connectivity index (χ0n) is 15.7. The lowest BCUT2D eigenvalue weighted by Crippen LogP contribution is -2.15. The van der Waals surface area contributed by atoms with Crippen LogP contribution in [-0.2, 0) is 23.2 Å². The van der Waals surface area contributed by atoms with Gasteiger partial charge in [0, 0.05) is 30.4 Å². The maximum absolute atomic E-state index is 12.5. The minimum atomic E-state index is -0.499. The molecule has 3 heterocycles. The third-order valence-electron chi connectivity index (χ3n) is 4.56. The lowest BCUT2D eigenvalue weighted by atomic mass is 10.2. The van der Waals surface area contributed by atoms with Gasteiger partial charge in [-0.2, -0.15) is 5.10 Å². The Kier molecular flexibility index (Phi) is 4.56. The van der Waals surface area contributed by atoms with Gasteiger partial charge in [-0.3, -0.25) is 13.9 Å². The summed E-state index contributed by atoms with van der Waals surface area (Å²) in [6, 6.07) is 9.03. The Bertz CT molecular complexity index is 1300. The summed E-state index contributed by atoms with van der Waals surface area (Å²) in [5.74, 6) is -0.499. The summed E-state index contributed by atoms with van der Waals surface area (Å²) < 4.78 is 9.56. The molecular weight excluding hydrogens is 376 g/mol. The van der Waals surface area contributed by atoms with Crippen molar-refractivity contribution in [3.05, 3.63) is 69.4 Å². The van der Waals surface area contributed by atoms with Crippen LogP contribution >= 0.6 is 11.3 Å². The molecule has 0 radical (unpaired) electrons. The van der Waals surface area contributed by atoms with Crippen molar-refractivity contribution in [2.75, 3.05) is 0 Å². The van der Waals surface area contributed by atoms with Gasteiger partial charge in [-0.05, 0) is 32.1 Å². The van der Waals surface area contributed by atoms with E-state index in [0.717, 1.165) is 27.2 Å². The molecule has 0 bridgehead atoms. The highest BCUT2D eigenvalue weighted by Crippen LogP contribution is 2.23. The van der Waals surface area contributed by atoms with Crippen molar-refractivity contribution in [2.45, 2.75) is 20.5 Å². The number of carbonyl (C=O) groups is 1. The van der Waals surface area contributed by atoms with Crippen LogP contribution in [0.2, 0.25) is 0 Å². The average Bonchev–Trinajstić information content (AvgIpc) is 3.15. The molecule has 0 N–H and O–H groups in total. The first kappa shape index (κ1) is 18.1. The quantitative estimate of drug-likeness (QED) is 0.393. The molecule has 0 amide bonds. The van der Waals surface area contributed by atoms with E-state index in [9.17, 15) is 9.59 Å². The number of para-hydroxylation sites is 1. The lowest BCUT2D eigenvalue weighted by Gasteiger charge is -2.02. The van der Waals surface area contributed by atoms with Gasteiger partial charge in [0.05, 0.1) is 21.6 Å². The number of rotatable bonds is 4. The first-order valence-corrected chi connectivity index (χ1v) is 9.51. The number of benzene rings is 1. The highest BCUT2D eigenvalue weighted by atomic mass is 32.1. The van der Waals surface area contributed by atoms with E-state index < -0.39 is 5.97 Å². The van der Waals surface area contributed by atoms with Crippen molar-refractivity contribution in [1.29, 1.82) is 0 Å². The minimum absolute atomic E-state index is 0.0613. The van der Waals surface area contributed by atoms with E-state index in [-0.39, 0.29) is 12.2 Å². The maximum Gasteiger partial charge on any atom is 0.331 e. The highest BCUT2D eigenvalue weighted by Gasteiger charge is 2.11. The van der Waals surface area contributed by atoms with Crippen LogP contribution in [0, 0.1) is 13.8 Å². The van der Waals surface area contributed by atoms with E-state index in [4.69, 9.17) is 4.74 Å². The van der Waals surface area contributed by atoms with Gasteiger partial charge in [-0.15, -0.1) is 0 Å². The smallest absolute Gasteiger partial charge is 0.331 e. The SMILES string of the molecule is Cc1nn(C)c(C)c1/C=C/C(=O)OCc1cc(=O)n2c(n1)sc1ccccc12. The van der Waals surface area contributed by atoms with Crippen molar-refractivity contribution >= 4 is 38.6 Å². The summed E-state index contributed by atoms with van der Waals surface area (Å²) in [6.07, 6.45) is 3.05. The normalized spacial score (nSPS) is 11.7. The van der Waals surface area contributed by atoms with Crippen molar-refractivity contribution in [3.63, 3.8) is 0 Å². The molecule has 4 rings (SSSR count). The van der Waals surface area contributed by atoms with Gasteiger partial charge >= 0.3 is 5.97 Å². The van der Waals surface area contributed by atoms with Crippen molar-refractivity contribution in [1.82, 2.24) is 19.2 Å². The van der Waals surface area contributed by atoms with Crippen LogP contribution in [0.1, 0.15) is 22.6 Å². The predicted molar refractivity (Wildman–Crippen MR) is 108 cm³/mol. The summed E-state index contributed by atoms with van der Waals surface area (Å²) >= 11 is 1.43. The molecule has 7 nitrogen and oxygen atoms in total. The standard InChI is InChI=1S/C20H18N4O3S/c1-12-15(13(2)23(3)22-12)8-9-19(26)27-11-14-10-18(25)24-16-6-4-5-7-17(16)28-20(24)21-14/h4-10H,11H2,1-3H3/b9-8+. The largest absolute Gasteiger partial charge is 0.456 e. The van der Waals surface area contributed by atoms with Gasteiger partial charge in [-0.1, -0.05) is 23.5 Å². The second kappa shape index (κ2) is 7.05. The predicted octanol–water partition coefficient (Wildman–Crippen LogP) is 3.02. The van der Waals surface area contributed by atoms with Gasteiger partial charge in [0.15, 0.2) is 4.96 Å². The average molecular weight is 394 g/mol. The van der Waals surface area contributed by atoms with Crippen LogP contribution in [0.15, 0.2) is 41.2 Å². The summed E-state index contributed by atoms with van der Waals surface area (Å²) in [4.78, 5) is 29.6. The lowest BCUT2D eigenvalue weighted by molar-refractivity contribution is -0.139. The van der Waals surface area contributed by atoms with E-state index in [0.29, 0.717) is 10.7 Å². The molecule has 1 aromatic carbocycles. The van der Waals surface area contributed by atoms with E-state index >= 15 is 0 Å². The number of thiazole rings is 1. The molecule has 0 atom stereocenters. The molecule has 0 saturated heterocycles. The van der Waals surface area contributed by atoms with Crippen LogP contribution in [0.25, 0.3) is 21.3 Å². The van der Waals surface area contributed by atoms with E-state index in [1.54, 1.807) is 15.2 Å². The Morgan fingerprint density at radius 3 is 2.82 bits per heavy atom. The topological polar surface area (TPSA) is 78.5 Å². The van der Waals surface area contributed by atoms with Crippen molar-refractivity contribution in [3.8, 4) is 0 Å². The van der Waals surface area contributed by atoms with E-state index in [1.165, 1.54) is 23.5 Å². The molecule has 8 heteroatoms. The Morgan fingerprint density at radius 2 is 2.07 bits per heavy atom. The van der Waals surface area contributed by atoms with Gasteiger partial charge in [0.1, 0.15) is 6.61 Å². The van der Waals surface area contributed by atoms with Crippen molar-refractivity contribution in [2.24, 2.45) is 7.05 Å². The molecule has 142 valence electrons. The summed E-state index contributed by atoms with van der Waals surface area (Å²) in [5, 5.41) is 4.31. The van der Waals surface area contributed by atoms with Crippen LogP contribution in [0.5, 0.6) is 0 Å². The molecular formula is C20H18N4O3S. The molecule has 0 saturated carbocycles. The fourth-order valence-electron chi connectivity index (χ4n) is 3.07. The number of hydrogen-bond acceptors (Lipinski definition) is 6. The fourth-order valence-corrected chi connectivity index (χ4v) is 4.12. The van der Waals surface area contributed by atoms with Crippen LogP contribution < -0.4 is 5.56 Å². The third-order valence-corrected chi connectivity index (χ3v) is 5.58. The van der Waals surface area contributed by atoms with Gasteiger partial charge in [0.25, 0.3) is 5.56 Å². The Hall–Kier alpha value is -3.26. The summed E-state index contributed by atoms with van der Waals surface area (Å²) in [6.45, 7) is 3.76. The van der Waals surface area contributed by atoms with Crippen LogP contribution in [-0.4, -0.2) is 25.1 Å². The third kappa shape index (κ3) is 3.22. The Labute approximate surface area is 164 Å². The monoisotopic (exact) mass is 394 g/mol. The molecule has 0 unspecified atom stereocenters. The number of esters is 1. The van der Waals surface area contributed by atoms with Crippen LogP contribution in [0.4, 0.5) is 0 Å². The number of fused-ring (bicyclic) bond motifs is 3. The number of aromatic nitrogens is 4. The fraction of sp³-hybridized carbons (Fsp3) is 0.200. The van der Waals surface area contributed by atoms with E-state index in [1.807, 2.05) is 45.2 Å². The molecule has 0 spiro atoms. The van der Waals surface area contributed by atoms with E-state index in [2.05, 4.69) is 10.1 Å². The number of nitrogens with zero attached hydrogens (tertiary/aromatic N) is 4. The summed E-state index contributed by atoms with van der Waals surface area (Å²) in [5.41, 5.74) is 3.76. The summed E-state index contributed by atoms with van der Waals surface area (Å²) in [7, 11) is 1.85. The minimum Gasteiger partial charge on any atom is -0.456 e. The Balaban J connectivity index is 1.52. The number of aryl methyl sites for hydroxylation is 2. The first-order chi connectivity index (χ1) is 13.4. The zero-order chi connectivity index (χ0) is 19.8. The molecule has 0 aliphatic heterocycles. The highest BCUT2D eigenvalue weighted by molar-refractivity contribution is 7.23. The molecule has 4 aromatic rings. The van der Waals surface area contributed by atoms with Crippen molar-refractivity contribution < 1.29 is 9.53 Å². The van der Waals surface area contributed by atoms with Gasteiger partial charge in [0.2, 0.25) is 0 Å². The van der Waals surface area contributed by atoms with Gasteiger partial charge < -0.3 is 4.74 Å². The molecule has 28 heavy (non-hydrogen) atoms. The molecule has 0 aliphatic rings.